The molecule has 0 spiro atoms. The fourth-order valence-corrected chi connectivity index (χ4v) is 1.66. The lowest BCUT2D eigenvalue weighted by Crippen LogP contribution is -2.45. The van der Waals surface area contributed by atoms with Crippen LogP contribution < -0.4 is 0 Å². The molecule has 0 aromatic carbocycles. The molecule has 2 amide bonds. The third-order valence-corrected chi connectivity index (χ3v) is 2.72. The second-order valence-electron chi connectivity index (χ2n) is 4.06. The van der Waals surface area contributed by atoms with E-state index in [0.717, 1.165) is 0 Å². The zero-order chi connectivity index (χ0) is 11.6. The summed E-state index contributed by atoms with van der Waals surface area (Å²) in [6.07, 6.45) is -0.223. The van der Waals surface area contributed by atoms with Gasteiger partial charge < -0.3 is 14.9 Å². The SMILES string of the molecule is CC(O)CN1CCC(=O)N(C)C(C)C1=O. The lowest BCUT2D eigenvalue weighted by Gasteiger charge is -2.26. The van der Waals surface area contributed by atoms with Crippen molar-refractivity contribution >= 4 is 11.8 Å². The Balaban J connectivity index is 2.76. The summed E-state index contributed by atoms with van der Waals surface area (Å²) in [5, 5.41) is 9.24. The molecule has 1 heterocycles. The third kappa shape index (κ3) is 2.68. The van der Waals surface area contributed by atoms with Gasteiger partial charge in [-0.05, 0) is 13.8 Å². The number of β-amino-alcohol motifs (C(OH)–C–C–N with tert-alkyl or cyclic N) is 1. The number of nitrogens with zero attached hydrogens (tertiary/aromatic N) is 2. The smallest absolute Gasteiger partial charge is 0.245 e. The van der Waals surface area contributed by atoms with E-state index in [-0.39, 0.29) is 11.8 Å². The van der Waals surface area contributed by atoms with Crippen LogP contribution in [0.4, 0.5) is 0 Å². The van der Waals surface area contributed by atoms with E-state index in [1.165, 1.54) is 4.90 Å². The van der Waals surface area contributed by atoms with Crippen LogP contribution >= 0.6 is 0 Å². The van der Waals surface area contributed by atoms with Crippen LogP contribution in [0, 0.1) is 0 Å². The lowest BCUT2D eigenvalue weighted by molar-refractivity contribution is -0.139. The van der Waals surface area contributed by atoms with E-state index in [0.29, 0.717) is 19.5 Å². The Morgan fingerprint density at radius 3 is 2.67 bits per heavy atom. The molecule has 1 fully saturated rings. The van der Waals surface area contributed by atoms with E-state index in [2.05, 4.69) is 0 Å². The molecule has 0 aromatic heterocycles. The summed E-state index contributed by atoms with van der Waals surface area (Å²) in [4.78, 5) is 26.4. The molecular formula is C10H18N2O3. The fraction of sp³-hybridized carbons (Fsp3) is 0.800. The maximum absolute atomic E-state index is 11.9. The number of amides is 2. The minimum atomic E-state index is -0.556. The number of rotatable bonds is 2. The van der Waals surface area contributed by atoms with Crippen LogP contribution in [0.25, 0.3) is 0 Å². The number of likely N-dealkylation sites (N-methyl/N-ethyl adjacent to an activating group) is 1. The van der Waals surface area contributed by atoms with Gasteiger partial charge in [0, 0.05) is 26.6 Å². The summed E-state index contributed by atoms with van der Waals surface area (Å²) in [7, 11) is 1.64. The second kappa shape index (κ2) is 4.61. The summed E-state index contributed by atoms with van der Waals surface area (Å²) >= 11 is 0. The average Bonchev–Trinajstić information content (AvgIpc) is 2.25. The number of aliphatic hydroxyl groups excluding tert-OH is 1. The van der Waals surface area contributed by atoms with Gasteiger partial charge in [-0.15, -0.1) is 0 Å². The van der Waals surface area contributed by atoms with Crippen molar-refractivity contribution in [2.24, 2.45) is 0 Å². The van der Waals surface area contributed by atoms with Crippen LogP contribution in [0.2, 0.25) is 0 Å². The van der Waals surface area contributed by atoms with E-state index < -0.39 is 12.1 Å². The van der Waals surface area contributed by atoms with Crippen LogP contribution in [0.3, 0.4) is 0 Å². The standard InChI is InChI=1S/C10H18N2O3/c1-7(13)6-12-5-4-9(14)11(3)8(2)10(12)15/h7-8,13H,4-6H2,1-3H3. The Morgan fingerprint density at radius 1 is 1.53 bits per heavy atom. The Hall–Kier alpha value is -1.10. The monoisotopic (exact) mass is 214 g/mol. The highest BCUT2D eigenvalue weighted by molar-refractivity contribution is 5.89. The third-order valence-electron chi connectivity index (χ3n) is 2.72. The first kappa shape index (κ1) is 12.0. The first-order chi connectivity index (χ1) is 6.93. The van der Waals surface area contributed by atoms with E-state index >= 15 is 0 Å². The van der Waals surface area contributed by atoms with Crippen molar-refractivity contribution in [3.05, 3.63) is 0 Å². The van der Waals surface area contributed by atoms with E-state index in [1.807, 2.05) is 0 Å². The summed E-state index contributed by atoms with van der Waals surface area (Å²) in [5.74, 6) is -0.117. The molecule has 15 heavy (non-hydrogen) atoms. The van der Waals surface area contributed by atoms with Crippen molar-refractivity contribution in [3.8, 4) is 0 Å². The van der Waals surface area contributed by atoms with Crippen molar-refractivity contribution in [2.75, 3.05) is 20.1 Å². The average molecular weight is 214 g/mol. The normalized spacial score (nSPS) is 25.5. The van der Waals surface area contributed by atoms with E-state index in [4.69, 9.17) is 0 Å². The van der Waals surface area contributed by atoms with Gasteiger partial charge in [0.25, 0.3) is 0 Å². The Morgan fingerprint density at radius 2 is 2.13 bits per heavy atom. The molecular weight excluding hydrogens is 196 g/mol. The van der Waals surface area contributed by atoms with Gasteiger partial charge in [-0.2, -0.15) is 0 Å². The van der Waals surface area contributed by atoms with Crippen molar-refractivity contribution in [1.82, 2.24) is 9.80 Å². The lowest BCUT2D eigenvalue weighted by atomic mass is 10.2. The topological polar surface area (TPSA) is 60.9 Å². The number of carbonyl (C=O) groups is 2. The largest absolute Gasteiger partial charge is 0.392 e. The number of aliphatic hydroxyl groups is 1. The van der Waals surface area contributed by atoms with E-state index in [9.17, 15) is 14.7 Å². The molecule has 1 aliphatic rings. The highest BCUT2D eigenvalue weighted by atomic mass is 16.3. The van der Waals surface area contributed by atoms with E-state index in [1.54, 1.807) is 25.8 Å². The van der Waals surface area contributed by atoms with Gasteiger partial charge >= 0.3 is 0 Å². The molecule has 2 atom stereocenters. The first-order valence-electron chi connectivity index (χ1n) is 5.16. The fourth-order valence-electron chi connectivity index (χ4n) is 1.66. The molecule has 1 aliphatic heterocycles. The summed E-state index contributed by atoms with van der Waals surface area (Å²) in [6.45, 7) is 4.04. The van der Waals surface area contributed by atoms with Crippen molar-refractivity contribution in [1.29, 1.82) is 0 Å². The predicted octanol–water partition coefficient (Wildman–Crippen LogP) is -0.554. The van der Waals surface area contributed by atoms with Gasteiger partial charge in [0.1, 0.15) is 6.04 Å². The summed E-state index contributed by atoms with van der Waals surface area (Å²) in [6, 6.07) is -0.432. The maximum Gasteiger partial charge on any atom is 0.245 e. The molecule has 0 saturated carbocycles. The van der Waals surface area contributed by atoms with Crippen molar-refractivity contribution < 1.29 is 14.7 Å². The molecule has 0 aromatic rings. The quantitative estimate of drug-likeness (QED) is 0.670. The van der Waals surface area contributed by atoms with Crippen LogP contribution in [0.5, 0.6) is 0 Å². The summed E-state index contributed by atoms with van der Waals surface area (Å²) < 4.78 is 0. The molecule has 1 saturated heterocycles. The van der Waals surface area contributed by atoms with Crippen LogP contribution in [-0.4, -0.2) is 59.0 Å². The molecule has 5 nitrogen and oxygen atoms in total. The van der Waals surface area contributed by atoms with Gasteiger partial charge in [-0.1, -0.05) is 0 Å². The number of carbonyl (C=O) groups excluding carboxylic acids is 2. The summed E-state index contributed by atoms with van der Waals surface area (Å²) in [5.41, 5.74) is 0. The first-order valence-corrected chi connectivity index (χ1v) is 5.16. The highest BCUT2D eigenvalue weighted by Gasteiger charge is 2.31. The van der Waals surface area contributed by atoms with Gasteiger partial charge in [-0.3, -0.25) is 9.59 Å². The number of hydrogen-bond acceptors (Lipinski definition) is 3. The molecule has 0 radical (unpaired) electrons. The predicted molar refractivity (Wildman–Crippen MR) is 55.1 cm³/mol. The van der Waals surface area contributed by atoms with Crippen molar-refractivity contribution in [3.63, 3.8) is 0 Å². The minimum Gasteiger partial charge on any atom is -0.392 e. The zero-order valence-electron chi connectivity index (χ0n) is 9.43. The second-order valence-corrected chi connectivity index (χ2v) is 4.06. The molecule has 0 bridgehead atoms. The Kier molecular flexibility index (Phi) is 3.68. The zero-order valence-corrected chi connectivity index (χ0v) is 9.43. The molecule has 1 N–H and O–H groups in total. The molecule has 1 rings (SSSR count). The van der Waals surface area contributed by atoms with Crippen molar-refractivity contribution in [2.45, 2.75) is 32.4 Å². The van der Waals surface area contributed by atoms with Gasteiger partial charge in [0.05, 0.1) is 6.10 Å². The molecule has 5 heteroatoms. The Labute approximate surface area is 89.7 Å². The van der Waals surface area contributed by atoms with Gasteiger partial charge in [-0.25, -0.2) is 0 Å². The minimum absolute atomic E-state index is 0.0241. The van der Waals surface area contributed by atoms with Crippen LogP contribution in [-0.2, 0) is 9.59 Å². The molecule has 0 aliphatic carbocycles. The molecule has 2 unspecified atom stereocenters. The van der Waals surface area contributed by atoms with Crippen LogP contribution in [0.15, 0.2) is 0 Å². The highest BCUT2D eigenvalue weighted by Crippen LogP contribution is 2.10. The number of hydrogen-bond donors (Lipinski definition) is 1. The molecule has 86 valence electrons. The maximum atomic E-state index is 11.9. The van der Waals surface area contributed by atoms with Crippen LogP contribution in [0.1, 0.15) is 20.3 Å². The van der Waals surface area contributed by atoms with Gasteiger partial charge in [0.2, 0.25) is 11.8 Å². The Bertz CT molecular complexity index is 265. The van der Waals surface area contributed by atoms with Gasteiger partial charge in [0.15, 0.2) is 0 Å².